The molecule has 1 aromatic heterocycles. The average molecular weight is 243 g/mol. The van der Waals surface area contributed by atoms with E-state index >= 15 is 0 Å². The first-order chi connectivity index (χ1) is 8.84. The van der Waals surface area contributed by atoms with Crippen LogP contribution in [0.25, 0.3) is 11.1 Å². The molecule has 1 atom stereocenters. The zero-order chi connectivity index (χ0) is 12.4. The number of aromatic nitrogens is 2. The van der Waals surface area contributed by atoms with Crippen molar-refractivity contribution < 1.29 is 4.74 Å². The second-order valence-electron chi connectivity index (χ2n) is 4.60. The molecule has 94 valence electrons. The normalized spacial score (nSPS) is 19.9. The van der Waals surface area contributed by atoms with Crippen LogP contribution in [0.15, 0.2) is 36.5 Å². The standard InChI is InChI=1S/C14H17N3O/c15-14-12(11-6-2-1-3-7-11)10-17(16-14)13-8-4-5-9-18-13/h1-3,6-7,10,13H,4-5,8-9H2,(H2,15,16). The summed E-state index contributed by atoms with van der Waals surface area (Å²) in [6.45, 7) is 0.811. The summed E-state index contributed by atoms with van der Waals surface area (Å²) in [7, 11) is 0. The molecule has 4 heteroatoms. The van der Waals surface area contributed by atoms with Gasteiger partial charge >= 0.3 is 0 Å². The summed E-state index contributed by atoms with van der Waals surface area (Å²) < 4.78 is 7.57. The highest BCUT2D eigenvalue weighted by Gasteiger charge is 2.18. The Hall–Kier alpha value is -1.81. The van der Waals surface area contributed by atoms with Crippen molar-refractivity contribution in [3.63, 3.8) is 0 Å². The first-order valence-electron chi connectivity index (χ1n) is 6.36. The van der Waals surface area contributed by atoms with Gasteiger partial charge in [-0.2, -0.15) is 5.10 Å². The third kappa shape index (κ3) is 2.11. The smallest absolute Gasteiger partial charge is 0.153 e. The van der Waals surface area contributed by atoms with Gasteiger partial charge < -0.3 is 10.5 Å². The summed E-state index contributed by atoms with van der Waals surface area (Å²) in [5, 5.41) is 4.38. The Labute approximate surface area is 106 Å². The van der Waals surface area contributed by atoms with E-state index in [2.05, 4.69) is 5.10 Å². The number of nitrogens with two attached hydrogens (primary N) is 1. The topological polar surface area (TPSA) is 53.1 Å². The van der Waals surface area contributed by atoms with E-state index in [1.807, 2.05) is 41.2 Å². The minimum atomic E-state index is 0.0403. The van der Waals surface area contributed by atoms with Crippen molar-refractivity contribution in [3.8, 4) is 11.1 Å². The molecule has 18 heavy (non-hydrogen) atoms. The number of nitrogen functional groups attached to an aromatic ring is 1. The molecule has 1 aromatic carbocycles. The van der Waals surface area contributed by atoms with E-state index in [-0.39, 0.29) is 6.23 Å². The fourth-order valence-electron chi connectivity index (χ4n) is 2.33. The van der Waals surface area contributed by atoms with Crippen LogP contribution in [0.1, 0.15) is 25.5 Å². The predicted octanol–water partition coefficient (Wildman–Crippen LogP) is 2.83. The minimum absolute atomic E-state index is 0.0403. The minimum Gasteiger partial charge on any atom is -0.382 e. The maximum atomic E-state index is 5.99. The number of anilines is 1. The van der Waals surface area contributed by atoms with E-state index in [0.29, 0.717) is 5.82 Å². The zero-order valence-electron chi connectivity index (χ0n) is 10.2. The highest BCUT2D eigenvalue weighted by molar-refractivity contribution is 5.72. The van der Waals surface area contributed by atoms with Gasteiger partial charge in [-0.1, -0.05) is 30.3 Å². The van der Waals surface area contributed by atoms with Gasteiger partial charge in [0.2, 0.25) is 0 Å². The van der Waals surface area contributed by atoms with Crippen molar-refractivity contribution in [3.05, 3.63) is 36.5 Å². The van der Waals surface area contributed by atoms with Gasteiger partial charge in [-0.15, -0.1) is 0 Å². The van der Waals surface area contributed by atoms with Crippen LogP contribution in [0, 0.1) is 0 Å². The van der Waals surface area contributed by atoms with Gasteiger partial charge in [0, 0.05) is 18.4 Å². The lowest BCUT2D eigenvalue weighted by molar-refractivity contribution is -0.0392. The Morgan fingerprint density at radius 1 is 1.22 bits per heavy atom. The molecule has 2 aromatic rings. The lowest BCUT2D eigenvalue weighted by atomic mass is 10.1. The van der Waals surface area contributed by atoms with Gasteiger partial charge in [0.1, 0.15) is 6.23 Å². The van der Waals surface area contributed by atoms with Gasteiger partial charge in [-0.05, 0) is 24.8 Å². The highest BCUT2D eigenvalue weighted by Crippen LogP contribution is 2.28. The Bertz CT molecular complexity index is 515. The van der Waals surface area contributed by atoms with Crippen LogP contribution in [0.4, 0.5) is 5.82 Å². The molecule has 2 heterocycles. The fourth-order valence-corrected chi connectivity index (χ4v) is 2.33. The van der Waals surface area contributed by atoms with Crippen LogP contribution in [0.5, 0.6) is 0 Å². The number of rotatable bonds is 2. The monoisotopic (exact) mass is 243 g/mol. The van der Waals surface area contributed by atoms with Gasteiger partial charge in [-0.3, -0.25) is 0 Å². The Kier molecular flexibility index (Phi) is 3.02. The molecule has 1 unspecified atom stereocenters. The number of benzene rings is 1. The first kappa shape index (κ1) is 11.3. The first-order valence-corrected chi connectivity index (χ1v) is 6.36. The van der Waals surface area contributed by atoms with Crippen LogP contribution >= 0.6 is 0 Å². The SMILES string of the molecule is Nc1nn(C2CCCCO2)cc1-c1ccccc1. The molecule has 3 rings (SSSR count). The molecule has 1 aliphatic heterocycles. The van der Waals surface area contributed by atoms with E-state index in [9.17, 15) is 0 Å². The van der Waals surface area contributed by atoms with Gasteiger partial charge in [0.05, 0.1) is 0 Å². The van der Waals surface area contributed by atoms with Crippen LogP contribution in [-0.4, -0.2) is 16.4 Å². The van der Waals surface area contributed by atoms with Crippen molar-refractivity contribution in [2.75, 3.05) is 12.3 Å². The molecule has 0 spiro atoms. The Morgan fingerprint density at radius 3 is 2.78 bits per heavy atom. The second kappa shape index (κ2) is 4.82. The van der Waals surface area contributed by atoms with E-state index < -0.39 is 0 Å². The van der Waals surface area contributed by atoms with Crippen LogP contribution < -0.4 is 5.73 Å². The van der Waals surface area contributed by atoms with Crippen molar-refractivity contribution in [2.45, 2.75) is 25.5 Å². The van der Waals surface area contributed by atoms with E-state index in [1.165, 1.54) is 6.42 Å². The third-order valence-electron chi connectivity index (χ3n) is 3.30. The lowest BCUT2D eigenvalue weighted by Crippen LogP contribution is -2.18. The van der Waals surface area contributed by atoms with Crippen LogP contribution in [0.2, 0.25) is 0 Å². The summed E-state index contributed by atoms with van der Waals surface area (Å²) in [4.78, 5) is 0. The maximum Gasteiger partial charge on any atom is 0.153 e. The summed E-state index contributed by atoms with van der Waals surface area (Å²) >= 11 is 0. The van der Waals surface area contributed by atoms with Crippen LogP contribution in [0.3, 0.4) is 0 Å². The Balaban J connectivity index is 1.91. The van der Waals surface area contributed by atoms with Crippen molar-refractivity contribution in [1.29, 1.82) is 0 Å². The van der Waals surface area contributed by atoms with E-state index in [4.69, 9.17) is 10.5 Å². The number of nitrogens with zero attached hydrogens (tertiary/aromatic N) is 2. The third-order valence-corrected chi connectivity index (χ3v) is 3.30. The van der Waals surface area contributed by atoms with Gasteiger partial charge in [0.25, 0.3) is 0 Å². The summed E-state index contributed by atoms with van der Waals surface area (Å²) in [5.74, 6) is 0.565. The lowest BCUT2D eigenvalue weighted by Gasteiger charge is -2.22. The van der Waals surface area contributed by atoms with Crippen LogP contribution in [-0.2, 0) is 4.74 Å². The Morgan fingerprint density at radius 2 is 2.06 bits per heavy atom. The molecular weight excluding hydrogens is 226 g/mol. The molecule has 0 saturated carbocycles. The molecule has 2 N–H and O–H groups in total. The molecule has 1 saturated heterocycles. The molecule has 0 bridgehead atoms. The average Bonchev–Trinajstić information content (AvgIpc) is 2.83. The summed E-state index contributed by atoms with van der Waals surface area (Å²) in [5.41, 5.74) is 8.06. The summed E-state index contributed by atoms with van der Waals surface area (Å²) in [6, 6.07) is 10.1. The van der Waals surface area contributed by atoms with Crippen molar-refractivity contribution in [2.24, 2.45) is 0 Å². The van der Waals surface area contributed by atoms with Gasteiger partial charge in [-0.25, -0.2) is 4.68 Å². The molecule has 0 aliphatic carbocycles. The molecular formula is C14H17N3O. The molecule has 1 aliphatic rings. The number of ether oxygens (including phenoxy) is 1. The molecule has 0 radical (unpaired) electrons. The quantitative estimate of drug-likeness (QED) is 0.882. The number of hydrogen-bond donors (Lipinski definition) is 1. The molecule has 0 amide bonds. The molecule has 1 fully saturated rings. The second-order valence-corrected chi connectivity index (χ2v) is 4.60. The maximum absolute atomic E-state index is 5.99. The fraction of sp³-hybridized carbons (Fsp3) is 0.357. The molecule has 4 nitrogen and oxygen atoms in total. The predicted molar refractivity (Wildman–Crippen MR) is 70.9 cm³/mol. The van der Waals surface area contributed by atoms with Crippen molar-refractivity contribution >= 4 is 5.82 Å². The van der Waals surface area contributed by atoms with E-state index in [1.54, 1.807) is 0 Å². The zero-order valence-corrected chi connectivity index (χ0v) is 10.2. The van der Waals surface area contributed by atoms with Gasteiger partial charge in [0.15, 0.2) is 5.82 Å². The van der Waals surface area contributed by atoms with Crippen molar-refractivity contribution in [1.82, 2.24) is 9.78 Å². The highest BCUT2D eigenvalue weighted by atomic mass is 16.5. The number of hydrogen-bond acceptors (Lipinski definition) is 3. The van der Waals surface area contributed by atoms with E-state index in [0.717, 1.165) is 30.6 Å². The largest absolute Gasteiger partial charge is 0.382 e. The summed E-state index contributed by atoms with van der Waals surface area (Å²) in [6.07, 6.45) is 5.36.